The van der Waals surface area contributed by atoms with Gasteiger partial charge in [-0.3, -0.25) is 4.98 Å². The first-order valence-corrected chi connectivity index (χ1v) is 7.61. The minimum Gasteiger partial charge on any atom is -0.376 e. The molecule has 19 heavy (non-hydrogen) atoms. The SMILES string of the molecule is CC(Nc1cccnc1Br)c1cnc2ccsc2c1. The quantitative estimate of drug-likeness (QED) is 0.710. The van der Waals surface area contributed by atoms with Gasteiger partial charge in [0, 0.05) is 12.4 Å². The van der Waals surface area contributed by atoms with E-state index in [1.165, 1.54) is 10.3 Å². The van der Waals surface area contributed by atoms with Gasteiger partial charge < -0.3 is 5.32 Å². The monoisotopic (exact) mass is 333 g/mol. The molecule has 3 aromatic rings. The van der Waals surface area contributed by atoms with E-state index in [2.05, 4.69) is 49.6 Å². The third-order valence-corrected chi connectivity index (χ3v) is 4.44. The van der Waals surface area contributed by atoms with Crippen LogP contribution in [0.1, 0.15) is 18.5 Å². The zero-order valence-corrected chi connectivity index (χ0v) is 12.7. The normalized spacial score (nSPS) is 12.5. The van der Waals surface area contributed by atoms with Crippen LogP contribution in [0.15, 0.2) is 46.6 Å². The molecule has 0 radical (unpaired) electrons. The van der Waals surface area contributed by atoms with E-state index in [9.17, 15) is 0 Å². The number of fused-ring (bicyclic) bond motifs is 1. The summed E-state index contributed by atoms with van der Waals surface area (Å²) < 4.78 is 2.04. The summed E-state index contributed by atoms with van der Waals surface area (Å²) in [6.07, 6.45) is 3.69. The standard InChI is InChI=1S/C14H12BrN3S/c1-9(18-12-3-2-5-16-14(12)15)10-7-13-11(17-8-10)4-6-19-13/h2-9,18H,1H3. The molecule has 5 heteroatoms. The van der Waals surface area contributed by atoms with Gasteiger partial charge in [-0.05, 0) is 58.1 Å². The molecule has 0 spiro atoms. The highest BCUT2D eigenvalue weighted by Gasteiger charge is 2.09. The van der Waals surface area contributed by atoms with Crippen LogP contribution in [0.3, 0.4) is 0 Å². The van der Waals surface area contributed by atoms with Gasteiger partial charge in [-0.2, -0.15) is 0 Å². The Kier molecular flexibility index (Phi) is 3.48. The lowest BCUT2D eigenvalue weighted by molar-refractivity contribution is 0.876. The van der Waals surface area contributed by atoms with Gasteiger partial charge >= 0.3 is 0 Å². The Morgan fingerprint density at radius 3 is 3.05 bits per heavy atom. The predicted molar refractivity (Wildman–Crippen MR) is 83.6 cm³/mol. The maximum absolute atomic E-state index is 4.47. The van der Waals surface area contributed by atoms with E-state index >= 15 is 0 Å². The van der Waals surface area contributed by atoms with Gasteiger partial charge in [0.05, 0.1) is 21.9 Å². The lowest BCUT2D eigenvalue weighted by Crippen LogP contribution is -2.07. The number of rotatable bonds is 3. The Labute approximate surface area is 123 Å². The zero-order valence-electron chi connectivity index (χ0n) is 10.3. The maximum atomic E-state index is 4.47. The number of aromatic nitrogens is 2. The first kappa shape index (κ1) is 12.6. The highest BCUT2D eigenvalue weighted by molar-refractivity contribution is 9.10. The van der Waals surface area contributed by atoms with E-state index in [0.29, 0.717) is 0 Å². The zero-order chi connectivity index (χ0) is 13.2. The van der Waals surface area contributed by atoms with Gasteiger partial charge in [0.25, 0.3) is 0 Å². The third-order valence-electron chi connectivity index (χ3n) is 2.95. The highest BCUT2D eigenvalue weighted by atomic mass is 79.9. The first-order valence-electron chi connectivity index (χ1n) is 5.94. The van der Waals surface area contributed by atoms with Crippen LogP contribution in [0.2, 0.25) is 0 Å². The van der Waals surface area contributed by atoms with Crippen molar-refractivity contribution in [2.45, 2.75) is 13.0 Å². The van der Waals surface area contributed by atoms with E-state index in [0.717, 1.165) is 15.8 Å². The lowest BCUT2D eigenvalue weighted by Gasteiger charge is -2.16. The highest BCUT2D eigenvalue weighted by Crippen LogP contribution is 2.27. The molecule has 1 N–H and O–H groups in total. The number of hydrogen-bond donors (Lipinski definition) is 1. The number of halogens is 1. The number of hydrogen-bond acceptors (Lipinski definition) is 4. The Bertz CT molecular complexity index is 710. The largest absolute Gasteiger partial charge is 0.376 e. The minimum absolute atomic E-state index is 0.180. The van der Waals surface area contributed by atoms with Gasteiger partial charge in [-0.25, -0.2) is 4.98 Å². The van der Waals surface area contributed by atoms with Crippen molar-refractivity contribution in [3.8, 4) is 0 Å². The molecule has 0 aromatic carbocycles. The summed E-state index contributed by atoms with van der Waals surface area (Å²) in [5, 5.41) is 5.51. The summed E-state index contributed by atoms with van der Waals surface area (Å²) >= 11 is 5.16. The molecule has 3 aromatic heterocycles. The molecule has 3 heterocycles. The van der Waals surface area contributed by atoms with E-state index < -0.39 is 0 Å². The lowest BCUT2D eigenvalue weighted by atomic mass is 10.1. The number of nitrogens with zero attached hydrogens (tertiary/aromatic N) is 2. The molecule has 0 aliphatic heterocycles. The van der Waals surface area contributed by atoms with Crippen LogP contribution in [-0.2, 0) is 0 Å². The fourth-order valence-electron chi connectivity index (χ4n) is 1.91. The van der Waals surface area contributed by atoms with Gasteiger partial charge in [0.15, 0.2) is 0 Å². The molecule has 3 rings (SSSR count). The summed E-state index contributed by atoms with van der Waals surface area (Å²) in [4.78, 5) is 8.68. The molecular formula is C14H12BrN3S. The summed E-state index contributed by atoms with van der Waals surface area (Å²) in [5.41, 5.74) is 3.22. The molecule has 0 amide bonds. The second-order valence-corrected chi connectivity index (χ2v) is 5.98. The average Bonchev–Trinajstić information content (AvgIpc) is 2.88. The van der Waals surface area contributed by atoms with Crippen molar-refractivity contribution in [3.63, 3.8) is 0 Å². The van der Waals surface area contributed by atoms with Crippen LogP contribution in [0, 0.1) is 0 Å². The van der Waals surface area contributed by atoms with Crippen molar-refractivity contribution in [1.82, 2.24) is 9.97 Å². The third kappa shape index (κ3) is 2.62. The van der Waals surface area contributed by atoms with E-state index in [-0.39, 0.29) is 6.04 Å². The Hall–Kier alpha value is -1.46. The summed E-state index contributed by atoms with van der Waals surface area (Å²) in [6.45, 7) is 2.12. The fraction of sp³-hybridized carbons (Fsp3) is 0.143. The summed E-state index contributed by atoms with van der Waals surface area (Å²) in [6, 6.07) is 8.33. The van der Waals surface area contributed by atoms with Crippen LogP contribution in [0.4, 0.5) is 5.69 Å². The number of thiophene rings is 1. The first-order chi connectivity index (χ1) is 9.24. The molecule has 0 bridgehead atoms. The van der Waals surface area contributed by atoms with Crippen LogP contribution >= 0.6 is 27.3 Å². The molecule has 0 fully saturated rings. The molecule has 0 saturated carbocycles. The predicted octanol–water partition coefficient (Wildman–Crippen LogP) is 4.63. The molecule has 0 aliphatic carbocycles. The van der Waals surface area contributed by atoms with E-state index in [4.69, 9.17) is 0 Å². The second-order valence-electron chi connectivity index (χ2n) is 4.28. The molecule has 0 aliphatic rings. The van der Waals surface area contributed by atoms with E-state index in [1.807, 2.05) is 24.4 Å². The second kappa shape index (κ2) is 5.27. The fourth-order valence-corrected chi connectivity index (χ4v) is 3.06. The summed E-state index contributed by atoms with van der Waals surface area (Å²) in [5.74, 6) is 0. The van der Waals surface area contributed by atoms with Crippen molar-refractivity contribution in [2.24, 2.45) is 0 Å². The van der Waals surface area contributed by atoms with Crippen LogP contribution < -0.4 is 5.32 Å². The average molecular weight is 334 g/mol. The molecule has 96 valence electrons. The van der Waals surface area contributed by atoms with Gasteiger partial charge in [0.2, 0.25) is 0 Å². The molecule has 3 nitrogen and oxygen atoms in total. The van der Waals surface area contributed by atoms with Crippen LogP contribution in [-0.4, -0.2) is 9.97 Å². The van der Waals surface area contributed by atoms with Crippen molar-refractivity contribution >= 4 is 43.2 Å². The number of pyridine rings is 2. The molecule has 0 saturated heterocycles. The maximum Gasteiger partial charge on any atom is 0.129 e. The number of anilines is 1. The van der Waals surface area contributed by atoms with E-state index in [1.54, 1.807) is 17.5 Å². The van der Waals surface area contributed by atoms with Crippen molar-refractivity contribution in [3.05, 3.63) is 52.2 Å². The number of nitrogens with one attached hydrogen (secondary N) is 1. The van der Waals surface area contributed by atoms with Crippen molar-refractivity contribution in [1.29, 1.82) is 0 Å². The molecular weight excluding hydrogens is 322 g/mol. The van der Waals surface area contributed by atoms with Gasteiger partial charge in [-0.1, -0.05) is 0 Å². The Morgan fingerprint density at radius 2 is 2.21 bits per heavy atom. The Balaban J connectivity index is 1.87. The topological polar surface area (TPSA) is 37.8 Å². The molecule has 1 atom stereocenters. The van der Waals surface area contributed by atoms with Gasteiger partial charge in [0.1, 0.15) is 4.60 Å². The van der Waals surface area contributed by atoms with Crippen molar-refractivity contribution < 1.29 is 0 Å². The van der Waals surface area contributed by atoms with Crippen molar-refractivity contribution in [2.75, 3.05) is 5.32 Å². The molecule has 1 unspecified atom stereocenters. The summed E-state index contributed by atoms with van der Waals surface area (Å²) in [7, 11) is 0. The van der Waals surface area contributed by atoms with Crippen LogP contribution in [0.25, 0.3) is 10.2 Å². The van der Waals surface area contributed by atoms with Crippen LogP contribution in [0.5, 0.6) is 0 Å². The smallest absolute Gasteiger partial charge is 0.129 e. The van der Waals surface area contributed by atoms with Gasteiger partial charge in [-0.15, -0.1) is 11.3 Å². The Morgan fingerprint density at radius 1 is 1.32 bits per heavy atom. The minimum atomic E-state index is 0.180.